The van der Waals surface area contributed by atoms with Gasteiger partial charge in [-0.2, -0.15) is 4.68 Å². The first kappa shape index (κ1) is 23.2. The fraction of sp³-hybridized carbons (Fsp3) is 0.440. The molecule has 2 aliphatic rings. The molecule has 1 atom stereocenters. The van der Waals surface area contributed by atoms with Crippen LogP contribution in [0.15, 0.2) is 42.5 Å². The third kappa shape index (κ3) is 4.97. The van der Waals surface area contributed by atoms with Gasteiger partial charge in [0.15, 0.2) is 23.4 Å². The number of nitrogens with zero attached hydrogens (tertiary/aromatic N) is 6. The first-order chi connectivity index (χ1) is 16.8. The molecule has 0 radical (unpaired) electrons. The molecule has 0 N–H and O–H groups in total. The third-order valence-electron chi connectivity index (χ3n) is 6.34. The standard InChI is InChI=1S/C25H29FN6O3/c1-17(34-21-9-4-6-18-15-25(2,3)35-23(18)21)24(33)31-12-10-30(11-13-31)16-22-27-28-29-32(22)20-8-5-7-19(26)14-20/h4-9,14,17H,10-13,15-16H2,1-3H3. The second-order valence-corrected chi connectivity index (χ2v) is 9.63. The lowest BCUT2D eigenvalue weighted by molar-refractivity contribution is -0.139. The minimum absolute atomic E-state index is 0.0518. The summed E-state index contributed by atoms with van der Waals surface area (Å²) >= 11 is 0. The van der Waals surface area contributed by atoms with Crippen LogP contribution in [0.25, 0.3) is 5.69 Å². The molecule has 2 aromatic carbocycles. The highest BCUT2D eigenvalue weighted by molar-refractivity contribution is 5.81. The maximum atomic E-state index is 13.6. The van der Waals surface area contributed by atoms with Crippen molar-refractivity contribution in [2.45, 2.75) is 45.4 Å². The summed E-state index contributed by atoms with van der Waals surface area (Å²) in [5, 5.41) is 11.9. The molecule has 1 unspecified atom stereocenters. The highest BCUT2D eigenvalue weighted by atomic mass is 19.1. The molecular formula is C25H29FN6O3. The molecule has 10 heteroatoms. The van der Waals surface area contributed by atoms with Crippen LogP contribution >= 0.6 is 0 Å². The number of ether oxygens (including phenoxy) is 2. The number of fused-ring (bicyclic) bond motifs is 1. The molecule has 5 rings (SSSR count). The molecule has 1 saturated heterocycles. The van der Waals surface area contributed by atoms with Gasteiger partial charge in [0, 0.05) is 38.2 Å². The van der Waals surface area contributed by atoms with E-state index in [1.165, 1.54) is 16.8 Å². The van der Waals surface area contributed by atoms with Crippen LogP contribution < -0.4 is 9.47 Å². The van der Waals surface area contributed by atoms with Crippen LogP contribution in [-0.4, -0.2) is 73.8 Å². The zero-order chi connectivity index (χ0) is 24.6. The molecule has 0 spiro atoms. The van der Waals surface area contributed by atoms with Crippen LogP contribution in [0.4, 0.5) is 4.39 Å². The summed E-state index contributed by atoms with van der Waals surface area (Å²) in [5.74, 6) is 1.56. The van der Waals surface area contributed by atoms with Gasteiger partial charge in [-0.25, -0.2) is 4.39 Å². The van der Waals surface area contributed by atoms with E-state index in [1.54, 1.807) is 19.1 Å². The van der Waals surface area contributed by atoms with Crippen molar-refractivity contribution in [2.75, 3.05) is 26.2 Å². The molecule has 0 saturated carbocycles. The molecule has 1 aromatic heterocycles. The summed E-state index contributed by atoms with van der Waals surface area (Å²) in [6.07, 6.45) is 0.187. The number of halogens is 1. The van der Waals surface area contributed by atoms with Crippen LogP contribution in [-0.2, 0) is 17.8 Å². The lowest BCUT2D eigenvalue weighted by Crippen LogP contribution is -2.51. The fourth-order valence-corrected chi connectivity index (χ4v) is 4.62. The molecule has 9 nitrogen and oxygen atoms in total. The Bertz CT molecular complexity index is 1220. The number of carbonyl (C=O) groups is 1. The van der Waals surface area contributed by atoms with Gasteiger partial charge in [-0.3, -0.25) is 9.69 Å². The van der Waals surface area contributed by atoms with Crippen molar-refractivity contribution in [2.24, 2.45) is 0 Å². The van der Waals surface area contributed by atoms with Gasteiger partial charge < -0.3 is 14.4 Å². The van der Waals surface area contributed by atoms with E-state index in [0.29, 0.717) is 50.0 Å². The van der Waals surface area contributed by atoms with Crippen molar-refractivity contribution in [3.05, 3.63) is 59.7 Å². The molecule has 35 heavy (non-hydrogen) atoms. The number of hydrogen-bond acceptors (Lipinski definition) is 7. The van der Waals surface area contributed by atoms with Crippen LogP contribution in [0, 0.1) is 5.82 Å². The molecule has 0 aliphatic carbocycles. The Kier molecular flexibility index (Phi) is 6.14. The maximum absolute atomic E-state index is 13.6. The Balaban J connectivity index is 1.17. The highest BCUT2D eigenvalue weighted by Gasteiger charge is 2.34. The fourth-order valence-electron chi connectivity index (χ4n) is 4.62. The van der Waals surface area contributed by atoms with E-state index in [-0.39, 0.29) is 17.3 Å². The first-order valence-corrected chi connectivity index (χ1v) is 11.8. The smallest absolute Gasteiger partial charge is 0.263 e. The first-order valence-electron chi connectivity index (χ1n) is 11.8. The summed E-state index contributed by atoms with van der Waals surface area (Å²) in [6.45, 7) is 8.86. The number of hydrogen-bond donors (Lipinski definition) is 0. The van der Waals surface area contributed by atoms with E-state index in [9.17, 15) is 9.18 Å². The number of carbonyl (C=O) groups excluding carboxylic acids is 1. The second-order valence-electron chi connectivity index (χ2n) is 9.63. The number of tetrazole rings is 1. The normalized spacial score (nSPS) is 18.1. The Labute approximate surface area is 203 Å². The topological polar surface area (TPSA) is 85.6 Å². The zero-order valence-electron chi connectivity index (χ0n) is 20.1. The molecule has 3 heterocycles. The summed E-state index contributed by atoms with van der Waals surface area (Å²) in [6, 6.07) is 12.0. The number of rotatable bonds is 6. The van der Waals surface area contributed by atoms with E-state index < -0.39 is 6.10 Å². The monoisotopic (exact) mass is 480 g/mol. The molecule has 1 amide bonds. The van der Waals surface area contributed by atoms with Crippen molar-refractivity contribution in [3.8, 4) is 17.2 Å². The summed E-state index contributed by atoms with van der Waals surface area (Å²) in [5.41, 5.74) is 1.39. The zero-order valence-corrected chi connectivity index (χ0v) is 20.1. The predicted molar refractivity (Wildman–Crippen MR) is 126 cm³/mol. The Hall–Kier alpha value is -3.53. The van der Waals surface area contributed by atoms with Crippen LogP contribution in [0.1, 0.15) is 32.2 Å². The Morgan fingerprint density at radius 1 is 1.17 bits per heavy atom. The number of aromatic nitrogens is 4. The van der Waals surface area contributed by atoms with Gasteiger partial charge in [0.25, 0.3) is 5.91 Å². The minimum Gasteiger partial charge on any atom is -0.483 e. The van der Waals surface area contributed by atoms with Crippen molar-refractivity contribution < 1.29 is 18.7 Å². The number of amides is 1. The van der Waals surface area contributed by atoms with Gasteiger partial charge in [-0.05, 0) is 55.5 Å². The van der Waals surface area contributed by atoms with Gasteiger partial charge in [-0.1, -0.05) is 18.2 Å². The largest absolute Gasteiger partial charge is 0.483 e. The van der Waals surface area contributed by atoms with E-state index in [1.807, 2.05) is 36.9 Å². The van der Waals surface area contributed by atoms with Gasteiger partial charge >= 0.3 is 0 Å². The molecule has 1 fully saturated rings. The highest BCUT2D eigenvalue weighted by Crippen LogP contribution is 2.42. The van der Waals surface area contributed by atoms with E-state index in [2.05, 4.69) is 20.4 Å². The van der Waals surface area contributed by atoms with Gasteiger partial charge in [0.2, 0.25) is 0 Å². The van der Waals surface area contributed by atoms with E-state index in [0.717, 1.165) is 17.7 Å². The van der Waals surface area contributed by atoms with Gasteiger partial charge in [-0.15, -0.1) is 5.10 Å². The van der Waals surface area contributed by atoms with E-state index in [4.69, 9.17) is 9.47 Å². The number of benzene rings is 2. The molecule has 3 aromatic rings. The molecule has 0 bridgehead atoms. The van der Waals surface area contributed by atoms with Crippen LogP contribution in [0.5, 0.6) is 11.5 Å². The van der Waals surface area contributed by atoms with Gasteiger partial charge in [0.05, 0.1) is 12.2 Å². The Morgan fingerprint density at radius 2 is 1.94 bits per heavy atom. The summed E-state index contributed by atoms with van der Waals surface area (Å²) < 4.78 is 27.3. The van der Waals surface area contributed by atoms with Crippen molar-refractivity contribution in [3.63, 3.8) is 0 Å². The van der Waals surface area contributed by atoms with Gasteiger partial charge in [0.1, 0.15) is 11.4 Å². The number of para-hydroxylation sites is 1. The summed E-state index contributed by atoms with van der Waals surface area (Å²) in [7, 11) is 0. The maximum Gasteiger partial charge on any atom is 0.263 e. The molecular weight excluding hydrogens is 451 g/mol. The SMILES string of the molecule is CC(Oc1cccc2c1OC(C)(C)C2)C(=O)N1CCN(Cc2nnnn2-c2cccc(F)c2)CC1. The van der Waals surface area contributed by atoms with Crippen molar-refractivity contribution >= 4 is 5.91 Å². The van der Waals surface area contributed by atoms with Crippen molar-refractivity contribution in [1.29, 1.82) is 0 Å². The Morgan fingerprint density at radius 3 is 2.71 bits per heavy atom. The molecule has 184 valence electrons. The second kappa shape index (κ2) is 9.26. The van der Waals surface area contributed by atoms with Crippen LogP contribution in [0.3, 0.4) is 0 Å². The van der Waals surface area contributed by atoms with Crippen LogP contribution in [0.2, 0.25) is 0 Å². The lowest BCUT2D eigenvalue weighted by Gasteiger charge is -2.35. The third-order valence-corrected chi connectivity index (χ3v) is 6.34. The summed E-state index contributed by atoms with van der Waals surface area (Å²) in [4.78, 5) is 17.1. The number of piperazine rings is 1. The predicted octanol–water partition coefficient (Wildman–Crippen LogP) is 2.63. The van der Waals surface area contributed by atoms with Crippen molar-refractivity contribution in [1.82, 2.24) is 30.0 Å². The minimum atomic E-state index is -0.624. The average molecular weight is 481 g/mol. The average Bonchev–Trinajstić information content (AvgIpc) is 3.42. The quantitative estimate of drug-likeness (QED) is 0.536. The van der Waals surface area contributed by atoms with E-state index >= 15 is 0 Å². The lowest BCUT2D eigenvalue weighted by atomic mass is 10.0. The molecule has 2 aliphatic heterocycles.